The highest BCUT2D eigenvalue weighted by Gasteiger charge is 2.57. The smallest absolute Gasteiger partial charge is 0.673 e. The zero-order valence-electron chi connectivity index (χ0n) is 20.5. The quantitative estimate of drug-likeness (QED) is 0.0842. The Balaban J connectivity index is 0.000000648. The van der Waals surface area contributed by atoms with Crippen molar-refractivity contribution in [1.82, 2.24) is 0 Å². The summed E-state index contributed by atoms with van der Waals surface area (Å²) in [7, 11) is -8.38. The van der Waals surface area contributed by atoms with E-state index >= 15 is 0 Å². The van der Waals surface area contributed by atoms with Crippen LogP contribution in [0.5, 0.6) is 0 Å². The van der Waals surface area contributed by atoms with E-state index in [9.17, 15) is 22.4 Å². The van der Waals surface area contributed by atoms with Gasteiger partial charge in [-0.05, 0) is 59.2 Å². The second-order valence-electron chi connectivity index (χ2n) is 8.19. The molecule has 0 atom stereocenters. The number of hydrogen-bond donors (Lipinski definition) is 0. The first-order valence-electron chi connectivity index (χ1n) is 11.9. The van der Waals surface area contributed by atoms with E-state index in [2.05, 4.69) is 102 Å². The third kappa shape index (κ3) is 7.38. The zero-order valence-corrected chi connectivity index (χ0v) is 24.4. The second-order valence-corrected chi connectivity index (χ2v) is 16.0. The van der Waals surface area contributed by atoms with Crippen LogP contribution in [0.1, 0.15) is 5.56 Å². The largest absolute Gasteiger partial charge is 0.867 e. The van der Waals surface area contributed by atoms with Gasteiger partial charge < -0.3 is 22.4 Å². The monoisotopic (exact) mass is 676 g/mol. The fourth-order valence-electron chi connectivity index (χ4n) is 4.09. The molecule has 0 aliphatic rings. The lowest BCUT2D eigenvalue weighted by Gasteiger charge is -2.26. The molecule has 0 bridgehead atoms. The van der Waals surface area contributed by atoms with Gasteiger partial charge in [-0.1, -0.05) is 84.9 Å². The molecule has 4 aromatic carbocycles. The summed E-state index contributed by atoms with van der Waals surface area (Å²) in [6.45, 7) is 0. The Morgan fingerprint density at radius 3 is 1.49 bits per heavy atom. The van der Waals surface area contributed by atoms with Crippen LogP contribution in [0, 0.1) is 3.57 Å². The van der Waals surface area contributed by atoms with E-state index in [4.69, 9.17) is 0 Å². The number of halogens is 5. The molecule has 0 N–H and O–H groups in total. The molecule has 0 saturated carbocycles. The molecular formula is C30H23BF4IOPS. The van der Waals surface area contributed by atoms with Gasteiger partial charge in [-0.2, -0.15) is 0 Å². The van der Waals surface area contributed by atoms with Gasteiger partial charge in [0.1, 0.15) is 15.9 Å². The SMILES string of the molecule is F[B-](F)(F)F.[O-]/C(=C(/[I+]c1ccccc1)[P+](c1ccccc1)(c1ccccc1)c1ccsc1)c1ccccc1. The summed E-state index contributed by atoms with van der Waals surface area (Å²) < 4.78 is 41.3. The van der Waals surface area contributed by atoms with Gasteiger partial charge in [0.15, 0.2) is 10.8 Å². The number of hydrogen-bond acceptors (Lipinski definition) is 2. The zero-order chi connectivity index (χ0) is 27.7. The van der Waals surface area contributed by atoms with Gasteiger partial charge in [-0.25, -0.2) is 0 Å². The molecule has 0 amide bonds. The van der Waals surface area contributed by atoms with Crippen molar-refractivity contribution < 1.29 is 43.6 Å². The first-order chi connectivity index (χ1) is 18.8. The van der Waals surface area contributed by atoms with Crippen molar-refractivity contribution in [1.29, 1.82) is 0 Å². The minimum Gasteiger partial charge on any atom is -0.867 e. The summed E-state index contributed by atoms with van der Waals surface area (Å²) in [6, 6.07) is 43.9. The molecule has 0 fully saturated rings. The molecular weight excluding hydrogens is 653 g/mol. The van der Waals surface area contributed by atoms with E-state index in [0.29, 0.717) is 0 Å². The minimum absolute atomic E-state index is 0.171. The molecule has 0 saturated heterocycles. The van der Waals surface area contributed by atoms with E-state index in [1.54, 1.807) is 11.3 Å². The second kappa shape index (κ2) is 13.4. The van der Waals surface area contributed by atoms with Gasteiger partial charge in [-0.15, -0.1) is 11.3 Å². The normalized spacial score (nSPS) is 12.2. The van der Waals surface area contributed by atoms with Crippen molar-refractivity contribution in [2.24, 2.45) is 0 Å². The van der Waals surface area contributed by atoms with Crippen molar-refractivity contribution in [3.8, 4) is 0 Å². The van der Waals surface area contributed by atoms with Crippen LogP contribution >= 0.6 is 18.6 Å². The van der Waals surface area contributed by atoms with Crippen LogP contribution in [0.4, 0.5) is 17.3 Å². The molecule has 5 rings (SSSR count). The number of rotatable bonds is 7. The molecule has 0 radical (unpaired) electrons. The molecule has 39 heavy (non-hydrogen) atoms. The van der Waals surface area contributed by atoms with Crippen LogP contribution < -0.4 is 42.2 Å². The molecule has 0 aliphatic carbocycles. The third-order valence-electron chi connectivity index (χ3n) is 5.63. The van der Waals surface area contributed by atoms with Crippen LogP contribution in [-0.2, 0) is 0 Å². The van der Waals surface area contributed by atoms with E-state index in [1.807, 2.05) is 36.4 Å². The molecule has 5 aromatic rings. The van der Waals surface area contributed by atoms with Gasteiger partial charge in [0, 0.05) is 5.38 Å². The highest BCUT2D eigenvalue weighted by Crippen LogP contribution is 2.60. The van der Waals surface area contributed by atoms with Gasteiger partial charge in [0.25, 0.3) is 0 Å². The standard InChI is InChI=1S/C30H23IOPS.BF4/c32-29(24-13-5-1-6-14-24)30(31-25-15-7-2-8-16-25)33(28-21-22-34-23-28,26-17-9-3-10-18-26)27-19-11-4-12-20-27;2-1(3,4)5/h1-23H;/q+1;-1/b30-29-;. The summed E-state index contributed by atoms with van der Waals surface area (Å²) in [5, 5.41) is 22.6. The van der Waals surface area contributed by atoms with Gasteiger partial charge in [-0.3, -0.25) is 0 Å². The Morgan fingerprint density at radius 1 is 0.615 bits per heavy atom. The molecule has 1 nitrogen and oxygen atoms in total. The maximum Gasteiger partial charge on any atom is 0.673 e. The lowest BCUT2D eigenvalue weighted by Crippen LogP contribution is -3.61. The van der Waals surface area contributed by atoms with E-state index < -0.39 is 35.7 Å². The Kier molecular flexibility index (Phi) is 10.00. The molecule has 1 heterocycles. The topological polar surface area (TPSA) is 23.1 Å². The average molecular weight is 676 g/mol. The highest BCUT2D eigenvalue weighted by molar-refractivity contribution is 7.99. The fraction of sp³-hybridized carbons (Fsp3) is 0. The van der Waals surface area contributed by atoms with Crippen molar-refractivity contribution in [2.75, 3.05) is 0 Å². The third-order valence-corrected chi connectivity index (χ3v) is 15.6. The molecule has 0 aliphatic heterocycles. The van der Waals surface area contributed by atoms with Crippen molar-refractivity contribution in [3.63, 3.8) is 0 Å². The minimum atomic E-state index is -6.00. The summed E-state index contributed by atoms with van der Waals surface area (Å²) in [6.07, 6.45) is 0. The lowest BCUT2D eigenvalue weighted by atomic mass is 10.2. The Morgan fingerprint density at radius 2 is 1.05 bits per heavy atom. The van der Waals surface area contributed by atoms with E-state index in [0.717, 1.165) is 8.88 Å². The maximum atomic E-state index is 14.5. The van der Waals surface area contributed by atoms with Gasteiger partial charge in [0.05, 0.1) is 0 Å². The predicted molar refractivity (Wildman–Crippen MR) is 152 cm³/mol. The average Bonchev–Trinajstić information content (AvgIpc) is 3.49. The Hall–Kier alpha value is -2.94. The Labute approximate surface area is 240 Å². The first kappa shape index (κ1) is 29.1. The van der Waals surface area contributed by atoms with Crippen LogP contribution in [-0.4, -0.2) is 7.25 Å². The van der Waals surface area contributed by atoms with Crippen LogP contribution in [0.15, 0.2) is 141 Å². The molecule has 0 spiro atoms. The predicted octanol–water partition coefficient (Wildman–Crippen LogP) is 3.99. The Bertz CT molecular complexity index is 1420. The van der Waals surface area contributed by atoms with Crippen molar-refractivity contribution >= 4 is 47.5 Å². The first-order valence-corrected chi connectivity index (χ1v) is 16.8. The van der Waals surface area contributed by atoms with Crippen LogP contribution in [0.25, 0.3) is 5.76 Å². The van der Waals surface area contributed by atoms with E-state index in [-0.39, 0.29) is 5.76 Å². The summed E-state index contributed by atoms with van der Waals surface area (Å²) in [5.74, 6) is 0.171. The molecule has 1 aromatic heterocycles. The van der Waals surface area contributed by atoms with Crippen LogP contribution in [0.3, 0.4) is 0 Å². The summed E-state index contributed by atoms with van der Waals surface area (Å²) in [4.78, 5) is 0. The van der Waals surface area contributed by atoms with Gasteiger partial charge in [0.2, 0.25) is 0 Å². The maximum absolute atomic E-state index is 14.5. The van der Waals surface area contributed by atoms with Crippen molar-refractivity contribution in [2.45, 2.75) is 0 Å². The number of thiophene rings is 1. The van der Waals surface area contributed by atoms with Gasteiger partial charge >= 0.3 is 31.8 Å². The fourth-order valence-corrected chi connectivity index (χ4v) is 15.4. The number of benzene rings is 4. The van der Waals surface area contributed by atoms with E-state index in [1.165, 1.54) is 19.5 Å². The molecule has 0 unspecified atom stereocenters. The summed E-state index contributed by atoms with van der Waals surface area (Å²) in [5.41, 5.74) is 0.764. The van der Waals surface area contributed by atoms with Crippen LogP contribution in [0.2, 0.25) is 0 Å². The van der Waals surface area contributed by atoms with Crippen molar-refractivity contribution in [3.05, 3.63) is 151 Å². The highest BCUT2D eigenvalue weighted by atomic mass is 127. The molecule has 198 valence electrons. The summed E-state index contributed by atoms with van der Waals surface area (Å²) >= 11 is 0.970. The molecule has 9 heteroatoms. The lowest BCUT2D eigenvalue weighted by molar-refractivity contribution is -0.568.